The molecule has 0 spiro atoms. The number of hydrogen-bond donors (Lipinski definition) is 2. The first-order valence-corrected chi connectivity index (χ1v) is 8.59. The largest absolute Gasteiger partial charge is 0.336 e. The van der Waals surface area contributed by atoms with E-state index in [1.807, 2.05) is 17.7 Å². The lowest BCUT2D eigenvalue weighted by Gasteiger charge is -2.27. The molecule has 2 N–H and O–H groups in total. The monoisotopic (exact) mass is 301 g/mol. The second-order valence-electron chi connectivity index (χ2n) is 5.19. The van der Waals surface area contributed by atoms with Gasteiger partial charge >= 0.3 is 0 Å². The number of nitrogens with one attached hydrogen (secondary N) is 2. The number of sulfonamides is 1. The Morgan fingerprint density at radius 2 is 2.15 bits per heavy atom. The SMILES string of the molecule is CC(Cn1ccnc1)NS(=O)(=O)CCN1CCNCC1. The molecular weight excluding hydrogens is 278 g/mol. The zero-order chi connectivity index (χ0) is 14.4. The average molecular weight is 301 g/mol. The van der Waals surface area contributed by atoms with Crippen LogP contribution in [0.15, 0.2) is 18.7 Å². The number of imidazole rings is 1. The van der Waals surface area contributed by atoms with Gasteiger partial charge in [0.25, 0.3) is 0 Å². The number of aromatic nitrogens is 2. The zero-order valence-corrected chi connectivity index (χ0v) is 12.6. The summed E-state index contributed by atoms with van der Waals surface area (Å²) >= 11 is 0. The summed E-state index contributed by atoms with van der Waals surface area (Å²) in [5.41, 5.74) is 0. The van der Waals surface area contributed by atoms with E-state index in [4.69, 9.17) is 0 Å². The summed E-state index contributed by atoms with van der Waals surface area (Å²) < 4.78 is 28.6. The third kappa shape index (κ3) is 5.20. The van der Waals surface area contributed by atoms with E-state index in [1.165, 1.54) is 0 Å². The van der Waals surface area contributed by atoms with Crippen molar-refractivity contribution in [3.05, 3.63) is 18.7 Å². The molecule has 0 bridgehead atoms. The standard InChI is InChI=1S/C12H23N5O2S/c1-12(10-17-7-4-14-11-17)15-20(18,19)9-8-16-5-2-13-3-6-16/h4,7,11-13,15H,2-3,5-6,8-10H2,1H3. The summed E-state index contributed by atoms with van der Waals surface area (Å²) in [5, 5.41) is 3.25. The molecule has 1 aliphatic heterocycles. The van der Waals surface area contributed by atoms with E-state index >= 15 is 0 Å². The molecule has 0 aromatic carbocycles. The van der Waals surface area contributed by atoms with Gasteiger partial charge in [-0.2, -0.15) is 0 Å². The fraction of sp³-hybridized carbons (Fsp3) is 0.750. The van der Waals surface area contributed by atoms with E-state index in [9.17, 15) is 8.42 Å². The highest BCUT2D eigenvalue weighted by molar-refractivity contribution is 7.89. The van der Waals surface area contributed by atoms with E-state index in [0.717, 1.165) is 26.2 Å². The molecule has 7 nitrogen and oxygen atoms in total. The van der Waals surface area contributed by atoms with Crippen LogP contribution >= 0.6 is 0 Å². The summed E-state index contributed by atoms with van der Waals surface area (Å²) in [4.78, 5) is 6.12. The van der Waals surface area contributed by atoms with Gasteiger partial charge in [-0.05, 0) is 6.92 Å². The number of hydrogen-bond acceptors (Lipinski definition) is 5. The van der Waals surface area contributed by atoms with Crippen molar-refractivity contribution in [1.82, 2.24) is 24.5 Å². The van der Waals surface area contributed by atoms with Crippen LogP contribution in [-0.2, 0) is 16.6 Å². The molecule has 0 amide bonds. The molecule has 1 aromatic rings. The quantitative estimate of drug-likeness (QED) is 0.682. The molecule has 0 radical (unpaired) electrons. The van der Waals surface area contributed by atoms with E-state index in [1.54, 1.807) is 12.5 Å². The number of rotatable bonds is 7. The third-order valence-electron chi connectivity index (χ3n) is 3.31. The highest BCUT2D eigenvalue weighted by Gasteiger charge is 2.17. The molecule has 1 saturated heterocycles. The topological polar surface area (TPSA) is 79.3 Å². The van der Waals surface area contributed by atoms with Gasteiger partial charge in [-0.3, -0.25) is 4.90 Å². The van der Waals surface area contributed by atoms with Gasteiger partial charge in [-0.15, -0.1) is 0 Å². The van der Waals surface area contributed by atoms with Crippen LogP contribution in [0.2, 0.25) is 0 Å². The van der Waals surface area contributed by atoms with E-state index in [2.05, 4.69) is 19.9 Å². The van der Waals surface area contributed by atoms with E-state index < -0.39 is 10.0 Å². The van der Waals surface area contributed by atoms with Gasteiger partial charge in [0.2, 0.25) is 10.0 Å². The van der Waals surface area contributed by atoms with Crippen LogP contribution in [0, 0.1) is 0 Å². The predicted octanol–water partition coefficient (Wildman–Crippen LogP) is -0.904. The number of nitrogens with zero attached hydrogens (tertiary/aromatic N) is 3. The minimum absolute atomic E-state index is 0.141. The Morgan fingerprint density at radius 1 is 1.40 bits per heavy atom. The molecule has 0 aliphatic carbocycles. The van der Waals surface area contributed by atoms with Gasteiger partial charge in [-0.1, -0.05) is 0 Å². The molecule has 1 aromatic heterocycles. The van der Waals surface area contributed by atoms with Gasteiger partial charge in [0.05, 0.1) is 12.1 Å². The molecule has 0 saturated carbocycles. The van der Waals surface area contributed by atoms with Crippen molar-refractivity contribution < 1.29 is 8.42 Å². The van der Waals surface area contributed by atoms with E-state index in [0.29, 0.717) is 13.1 Å². The minimum Gasteiger partial charge on any atom is -0.336 e. The third-order valence-corrected chi connectivity index (χ3v) is 4.79. The molecule has 114 valence electrons. The smallest absolute Gasteiger partial charge is 0.213 e. The molecule has 1 aliphatic rings. The Bertz CT molecular complexity index is 482. The summed E-state index contributed by atoms with van der Waals surface area (Å²) in [6, 6.07) is -0.141. The number of piperazine rings is 1. The lowest BCUT2D eigenvalue weighted by atomic mass is 10.4. The van der Waals surface area contributed by atoms with Crippen molar-refractivity contribution in [1.29, 1.82) is 0 Å². The van der Waals surface area contributed by atoms with Crippen LogP contribution in [0.4, 0.5) is 0 Å². The molecule has 1 fully saturated rings. The van der Waals surface area contributed by atoms with Crippen LogP contribution in [-0.4, -0.2) is 67.4 Å². The average Bonchev–Trinajstić information content (AvgIpc) is 2.90. The minimum atomic E-state index is -3.23. The molecule has 2 rings (SSSR count). The first-order chi connectivity index (χ1) is 9.55. The Kier molecular flexibility index (Phi) is 5.53. The second kappa shape index (κ2) is 7.16. The van der Waals surface area contributed by atoms with Crippen molar-refractivity contribution in [3.63, 3.8) is 0 Å². The van der Waals surface area contributed by atoms with Crippen molar-refractivity contribution in [2.75, 3.05) is 38.5 Å². The van der Waals surface area contributed by atoms with Crippen LogP contribution in [0.3, 0.4) is 0 Å². The van der Waals surface area contributed by atoms with Gasteiger partial charge in [0.1, 0.15) is 0 Å². The summed E-state index contributed by atoms with van der Waals surface area (Å²) in [5.74, 6) is 0.154. The molecule has 2 heterocycles. The fourth-order valence-electron chi connectivity index (χ4n) is 2.30. The maximum atomic E-state index is 12.0. The van der Waals surface area contributed by atoms with Crippen LogP contribution in [0.25, 0.3) is 0 Å². The lowest BCUT2D eigenvalue weighted by Crippen LogP contribution is -2.46. The highest BCUT2D eigenvalue weighted by Crippen LogP contribution is 1.98. The molecular formula is C12H23N5O2S. The normalized spacial score (nSPS) is 19.1. The molecule has 8 heteroatoms. The maximum Gasteiger partial charge on any atom is 0.213 e. The highest BCUT2D eigenvalue weighted by atomic mass is 32.2. The first kappa shape index (κ1) is 15.4. The summed E-state index contributed by atoms with van der Waals surface area (Å²) in [6.07, 6.45) is 5.20. The second-order valence-corrected chi connectivity index (χ2v) is 7.06. The predicted molar refractivity (Wildman–Crippen MR) is 77.9 cm³/mol. The Hall–Kier alpha value is -0.960. The van der Waals surface area contributed by atoms with Gasteiger partial charge in [0, 0.05) is 57.7 Å². The fourth-order valence-corrected chi connectivity index (χ4v) is 3.60. The van der Waals surface area contributed by atoms with Crippen LogP contribution in [0.5, 0.6) is 0 Å². The van der Waals surface area contributed by atoms with Crippen molar-refractivity contribution in [3.8, 4) is 0 Å². The Labute approximate surface area is 120 Å². The van der Waals surface area contributed by atoms with E-state index in [-0.39, 0.29) is 11.8 Å². The van der Waals surface area contributed by atoms with Gasteiger partial charge < -0.3 is 9.88 Å². The Morgan fingerprint density at radius 3 is 2.80 bits per heavy atom. The van der Waals surface area contributed by atoms with Crippen molar-refractivity contribution >= 4 is 10.0 Å². The van der Waals surface area contributed by atoms with Crippen molar-refractivity contribution in [2.24, 2.45) is 0 Å². The molecule has 1 atom stereocenters. The lowest BCUT2D eigenvalue weighted by molar-refractivity contribution is 0.253. The van der Waals surface area contributed by atoms with Gasteiger partial charge in [-0.25, -0.2) is 18.1 Å². The summed E-state index contributed by atoms with van der Waals surface area (Å²) in [6.45, 7) is 6.75. The Balaban J connectivity index is 1.74. The zero-order valence-electron chi connectivity index (χ0n) is 11.8. The first-order valence-electron chi connectivity index (χ1n) is 6.94. The molecule has 20 heavy (non-hydrogen) atoms. The van der Waals surface area contributed by atoms with Crippen molar-refractivity contribution in [2.45, 2.75) is 19.5 Å². The van der Waals surface area contributed by atoms with Gasteiger partial charge in [0.15, 0.2) is 0 Å². The molecule has 1 unspecified atom stereocenters. The van der Waals surface area contributed by atoms with Crippen LogP contribution < -0.4 is 10.0 Å². The summed E-state index contributed by atoms with van der Waals surface area (Å²) in [7, 11) is -3.23. The maximum absolute atomic E-state index is 12.0. The van der Waals surface area contributed by atoms with Crippen LogP contribution in [0.1, 0.15) is 6.92 Å².